The number of benzene rings is 1. The van der Waals surface area contributed by atoms with Gasteiger partial charge in [0.15, 0.2) is 0 Å². The number of nitrogens with one attached hydrogen (secondary N) is 1. The van der Waals surface area contributed by atoms with Crippen LogP contribution in [0.5, 0.6) is 0 Å². The lowest BCUT2D eigenvalue weighted by atomic mass is 10.1. The highest BCUT2D eigenvalue weighted by Crippen LogP contribution is 2.25. The van der Waals surface area contributed by atoms with Crippen LogP contribution in [0.1, 0.15) is 41.3 Å². The molecule has 0 unspecified atom stereocenters. The van der Waals surface area contributed by atoms with Crippen molar-refractivity contribution in [2.45, 2.75) is 44.7 Å². The summed E-state index contributed by atoms with van der Waals surface area (Å²) in [5, 5.41) is 2.80. The van der Waals surface area contributed by atoms with Crippen molar-refractivity contribution in [2.24, 2.45) is 5.73 Å². The SMILES string of the molecule is CCNC(=O)[C@@H]1C[C@H](N)CN1C(=O)c1ccc2c(c1)CCC2. The third-order valence-corrected chi connectivity index (χ3v) is 4.59. The van der Waals surface area contributed by atoms with Gasteiger partial charge in [-0.3, -0.25) is 9.59 Å². The Morgan fingerprint density at radius 3 is 2.86 bits per heavy atom. The molecule has 2 amide bonds. The minimum Gasteiger partial charge on any atom is -0.355 e. The summed E-state index contributed by atoms with van der Waals surface area (Å²) in [6, 6.07) is 5.34. The van der Waals surface area contributed by atoms with E-state index >= 15 is 0 Å². The van der Waals surface area contributed by atoms with E-state index in [1.54, 1.807) is 4.90 Å². The van der Waals surface area contributed by atoms with E-state index in [1.165, 1.54) is 11.1 Å². The maximum Gasteiger partial charge on any atom is 0.254 e. The number of aryl methyl sites for hydroxylation is 2. The van der Waals surface area contributed by atoms with Crippen LogP contribution in [0.4, 0.5) is 0 Å². The summed E-state index contributed by atoms with van der Waals surface area (Å²) in [6.07, 6.45) is 3.82. The molecule has 1 aliphatic heterocycles. The molecule has 3 N–H and O–H groups in total. The molecule has 0 radical (unpaired) electrons. The largest absolute Gasteiger partial charge is 0.355 e. The molecule has 118 valence electrons. The van der Waals surface area contributed by atoms with Gasteiger partial charge in [-0.15, -0.1) is 0 Å². The Morgan fingerprint density at radius 1 is 1.32 bits per heavy atom. The first kappa shape index (κ1) is 15.0. The minimum absolute atomic E-state index is 0.0843. The molecule has 22 heavy (non-hydrogen) atoms. The molecule has 1 saturated heterocycles. The van der Waals surface area contributed by atoms with Crippen LogP contribution in [0.3, 0.4) is 0 Å². The van der Waals surface area contributed by atoms with E-state index in [2.05, 4.69) is 5.32 Å². The Labute approximate surface area is 130 Å². The topological polar surface area (TPSA) is 75.4 Å². The molecule has 1 aromatic rings. The molecule has 2 atom stereocenters. The Kier molecular flexibility index (Phi) is 4.16. The average Bonchev–Trinajstić information content (AvgIpc) is 3.12. The molecule has 1 aliphatic carbocycles. The number of nitrogens with two attached hydrogens (primary N) is 1. The van der Waals surface area contributed by atoms with E-state index in [0.717, 1.165) is 19.3 Å². The van der Waals surface area contributed by atoms with Gasteiger partial charge >= 0.3 is 0 Å². The molecular weight excluding hydrogens is 278 g/mol. The number of amides is 2. The summed E-state index contributed by atoms with van der Waals surface area (Å²) in [6.45, 7) is 2.88. The first-order valence-electron chi connectivity index (χ1n) is 8.06. The van der Waals surface area contributed by atoms with Gasteiger partial charge in [0, 0.05) is 24.7 Å². The Hall–Kier alpha value is -1.88. The van der Waals surface area contributed by atoms with E-state index in [1.807, 2.05) is 25.1 Å². The molecule has 0 saturated carbocycles. The van der Waals surface area contributed by atoms with E-state index in [-0.39, 0.29) is 17.9 Å². The second-order valence-corrected chi connectivity index (χ2v) is 6.20. The fourth-order valence-corrected chi connectivity index (χ4v) is 3.50. The summed E-state index contributed by atoms with van der Waals surface area (Å²) in [5.41, 5.74) is 9.26. The highest BCUT2D eigenvalue weighted by molar-refractivity contribution is 5.98. The lowest BCUT2D eigenvalue weighted by Crippen LogP contribution is -2.46. The number of fused-ring (bicyclic) bond motifs is 1. The number of carbonyl (C=O) groups excluding carboxylic acids is 2. The molecule has 2 aliphatic rings. The predicted octanol–water partition coefficient (Wildman–Crippen LogP) is 0.853. The molecular formula is C17H23N3O2. The van der Waals surface area contributed by atoms with E-state index in [9.17, 15) is 9.59 Å². The Balaban J connectivity index is 1.82. The minimum atomic E-state index is -0.448. The van der Waals surface area contributed by atoms with Crippen molar-refractivity contribution in [1.29, 1.82) is 0 Å². The van der Waals surface area contributed by atoms with Crippen molar-refractivity contribution < 1.29 is 9.59 Å². The van der Waals surface area contributed by atoms with Crippen LogP contribution in [0.2, 0.25) is 0 Å². The normalized spacial score (nSPS) is 23.5. The van der Waals surface area contributed by atoms with Gasteiger partial charge in [-0.1, -0.05) is 6.07 Å². The van der Waals surface area contributed by atoms with Gasteiger partial charge < -0.3 is 16.0 Å². The summed E-state index contributed by atoms with van der Waals surface area (Å²) >= 11 is 0. The van der Waals surface area contributed by atoms with Gasteiger partial charge in [0.1, 0.15) is 6.04 Å². The van der Waals surface area contributed by atoms with Crippen LogP contribution in [0.15, 0.2) is 18.2 Å². The quantitative estimate of drug-likeness (QED) is 0.869. The first-order chi connectivity index (χ1) is 10.6. The van der Waals surface area contributed by atoms with Crippen molar-refractivity contribution in [3.8, 4) is 0 Å². The average molecular weight is 301 g/mol. The zero-order valence-corrected chi connectivity index (χ0v) is 13.0. The molecule has 1 aromatic carbocycles. The van der Waals surface area contributed by atoms with Crippen LogP contribution in [-0.4, -0.2) is 41.9 Å². The number of hydrogen-bond donors (Lipinski definition) is 2. The number of likely N-dealkylation sites (N-methyl/N-ethyl adjacent to an activating group) is 1. The van der Waals surface area contributed by atoms with Gasteiger partial charge in [-0.2, -0.15) is 0 Å². The number of rotatable bonds is 3. The molecule has 5 heteroatoms. The molecule has 0 bridgehead atoms. The van der Waals surface area contributed by atoms with Gasteiger partial charge in [-0.25, -0.2) is 0 Å². The third kappa shape index (κ3) is 2.73. The number of carbonyl (C=O) groups is 2. The highest BCUT2D eigenvalue weighted by atomic mass is 16.2. The van der Waals surface area contributed by atoms with E-state index < -0.39 is 6.04 Å². The van der Waals surface area contributed by atoms with Gasteiger partial charge in [-0.05, 0) is 55.9 Å². The van der Waals surface area contributed by atoms with Crippen molar-refractivity contribution in [2.75, 3.05) is 13.1 Å². The Bertz CT molecular complexity index is 600. The van der Waals surface area contributed by atoms with Crippen LogP contribution in [-0.2, 0) is 17.6 Å². The van der Waals surface area contributed by atoms with Crippen LogP contribution >= 0.6 is 0 Å². The molecule has 0 aromatic heterocycles. The Morgan fingerprint density at radius 2 is 2.09 bits per heavy atom. The summed E-state index contributed by atoms with van der Waals surface area (Å²) in [7, 11) is 0. The van der Waals surface area contributed by atoms with Gasteiger partial charge in [0.25, 0.3) is 5.91 Å². The second kappa shape index (κ2) is 6.08. The number of likely N-dealkylation sites (tertiary alicyclic amines) is 1. The maximum absolute atomic E-state index is 12.8. The van der Waals surface area contributed by atoms with Crippen LogP contribution < -0.4 is 11.1 Å². The summed E-state index contributed by atoms with van der Waals surface area (Å²) in [4.78, 5) is 26.6. The second-order valence-electron chi connectivity index (χ2n) is 6.20. The highest BCUT2D eigenvalue weighted by Gasteiger charge is 2.38. The van der Waals surface area contributed by atoms with E-state index in [4.69, 9.17) is 5.73 Å². The zero-order chi connectivity index (χ0) is 15.7. The van der Waals surface area contributed by atoms with Crippen LogP contribution in [0, 0.1) is 0 Å². The van der Waals surface area contributed by atoms with Gasteiger partial charge in [0.2, 0.25) is 5.91 Å². The maximum atomic E-state index is 12.8. The number of hydrogen-bond acceptors (Lipinski definition) is 3. The number of nitrogens with zero attached hydrogens (tertiary/aromatic N) is 1. The molecule has 3 rings (SSSR count). The first-order valence-corrected chi connectivity index (χ1v) is 8.06. The molecule has 1 fully saturated rings. The standard InChI is InChI=1S/C17H23N3O2/c1-2-19-16(21)15-9-14(18)10-20(15)17(22)13-7-6-11-4-3-5-12(11)8-13/h6-8,14-15H,2-5,9-10,18H2,1H3,(H,19,21)/t14-,15-/m0/s1. The smallest absolute Gasteiger partial charge is 0.254 e. The lowest BCUT2D eigenvalue weighted by molar-refractivity contribution is -0.124. The lowest BCUT2D eigenvalue weighted by Gasteiger charge is -2.24. The van der Waals surface area contributed by atoms with Crippen molar-refractivity contribution in [3.63, 3.8) is 0 Å². The molecule has 5 nitrogen and oxygen atoms in total. The fourth-order valence-electron chi connectivity index (χ4n) is 3.50. The van der Waals surface area contributed by atoms with Crippen LogP contribution in [0.25, 0.3) is 0 Å². The third-order valence-electron chi connectivity index (χ3n) is 4.59. The van der Waals surface area contributed by atoms with Crippen molar-refractivity contribution in [1.82, 2.24) is 10.2 Å². The fraction of sp³-hybridized carbons (Fsp3) is 0.529. The van der Waals surface area contributed by atoms with Crippen molar-refractivity contribution >= 4 is 11.8 Å². The van der Waals surface area contributed by atoms with Gasteiger partial charge in [0.05, 0.1) is 0 Å². The zero-order valence-electron chi connectivity index (χ0n) is 13.0. The summed E-state index contributed by atoms with van der Waals surface area (Å²) < 4.78 is 0. The van der Waals surface area contributed by atoms with Crippen molar-refractivity contribution in [3.05, 3.63) is 34.9 Å². The summed E-state index contributed by atoms with van der Waals surface area (Å²) in [5.74, 6) is -0.191. The molecule has 0 spiro atoms. The predicted molar refractivity (Wildman–Crippen MR) is 84.6 cm³/mol. The molecule has 1 heterocycles. The van der Waals surface area contributed by atoms with E-state index in [0.29, 0.717) is 25.1 Å². The monoisotopic (exact) mass is 301 g/mol.